The number of methoxy groups -OCH3 is 1. The first-order chi connectivity index (χ1) is 10.2. The molecule has 1 atom stereocenters. The number of nitrogens with zero attached hydrogens (tertiary/aromatic N) is 1. The van der Waals surface area contributed by atoms with Crippen LogP contribution in [0.4, 0.5) is 0 Å². The molecule has 1 aliphatic rings. The molecule has 3 rings (SSSR count). The molecular weight excluding hydrogens is 266 g/mol. The summed E-state index contributed by atoms with van der Waals surface area (Å²) in [4.78, 5) is 13.9. The van der Waals surface area contributed by atoms with E-state index in [-0.39, 0.29) is 0 Å². The number of carboxylic acids is 1. The van der Waals surface area contributed by atoms with Crippen LogP contribution in [0.15, 0.2) is 36.4 Å². The summed E-state index contributed by atoms with van der Waals surface area (Å²) in [5.74, 6) is -0.167. The van der Waals surface area contributed by atoms with Crippen LogP contribution >= 0.6 is 0 Å². The summed E-state index contributed by atoms with van der Waals surface area (Å²) in [6.07, 6.45) is 2.10. The largest absolute Gasteiger partial charge is 0.496 e. The van der Waals surface area contributed by atoms with Gasteiger partial charge < -0.3 is 9.84 Å². The van der Waals surface area contributed by atoms with E-state index >= 15 is 0 Å². The molecule has 1 unspecified atom stereocenters. The third kappa shape index (κ3) is 2.47. The predicted molar refractivity (Wildman–Crippen MR) is 81.7 cm³/mol. The molecule has 0 spiro atoms. The van der Waals surface area contributed by atoms with E-state index < -0.39 is 12.0 Å². The molecule has 1 heterocycles. The van der Waals surface area contributed by atoms with Gasteiger partial charge in [-0.3, -0.25) is 9.69 Å². The van der Waals surface area contributed by atoms with Gasteiger partial charge >= 0.3 is 5.97 Å². The molecule has 0 aliphatic carbocycles. The van der Waals surface area contributed by atoms with Crippen molar-refractivity contribution in [2.24, 2.45) is 0 Å². The Morgan fingerprint density at radius 2 is 1.90 bits per heavy atom. The van der Waals surface area contributed by atoms with Crippen LogP contribution < -0.4 is 4.74 Å². The predicted octanol–water partition coefficient (Wildman–Crippen LogP) is 3.07. The fraction of sp³-hybridized carbons (Fsp3) is 0.353. The van der Waals surface area contributed by atoms with Crippen LogP contribution in [0, 0.1) is 0 Å². The first-order valence-corrected chi connectivity index (χ1v) is 7.25. The minimum Gasteiger partial charge on any atom is -0.496 e. The fourth-order valence-corrected chi connectivity index (χ4v) is 3.20. The van der Waals surface area contributed by atoms with E-state index in [2.05, 4.69) is 0 Å². The first-order valence-electron chi connectivity index (χ1n) is 7.25. The molecule has 0 bridgehead atoms. The van der Waals surface area contributed by atoms with Crippen molar-refractivity contribution in [2.45, 2.75) is 18.9 Å². The van der Waals surface area contributed by atoms with Crippen molar-refractivity contribution in [2.75, 3.05) is 20.2 Å². The Bertz CT molecular complexity index is 662. The van der Waals surface area contributed by atoms with Gasteiger partial charge in [-0.15, -0.1) is 0 Å². The molecule has 1 aliphatic heterocycles. The number of carbonyl (C=O) groups is 1. The summed E-state index contributed by atoms with van der Waals surface area (Å²) < 4.78 is 5.45. The molecule has 0 radical (unpaired) electrons. The molecule has 4 nitrogen and oxygen atoms in total. The molecule has 2 aromatic rings. The number of hydrogen-bond acceptors (Lipinski definition) is 3. The molecular formula is C17H19NO3. The standard InChI is InChI=1S/C17H19NO3/c1-21-14-9-8-12-6-2-3-7-13(12)15(14)16(17(19)20)18-10-4-5-11-18/h2-3,6-9,16H,4-5,10-11H2,1H3,(H,19,20). The van der Waals surface area contributed by atoms with Crippen LogP contribution in [0.1, 0.15) is 24.4 Å². The molecule has 110 valence electrons. The van der Waals surface area contributed by atoms with Gasteiger partial charge in [0.05, 0.1) is 7.11 Å². The highest BCUT2D eigenvalue weighted by Crippen LogP contribution is 2.37. The highest BCUT2D eigenvalue weighted by Gasteiger charge is 2.33. The number of aliphatic carboxylic acids is 1. The normalized spacial score (nSPS) is 17.0. The van der Waals surface area contributed by atoms with Crippen molar-refractivity contribution in [3.05, 3.63) is 42.0 Å². The van der Waals surface area contributed by atoms with Crippen LogP contribution in [0.25, 0.3) is 10.8 Å². The van der Waals surface area contributed by atoms with Crippen molar-refractivity contribution in [1.82, 2.24) is 4.90 Å². The number of rotatable bonds is 4. The van der Waals surface area contributed by atoms with Gasteiger partial charge in [0.1, 0.15) is 11.8 Å². The summed E-state index contributed by atoms with van der Waals surface area (Å²) in [5, 5.41) is 11.8. The number of benzene rings is 2. The van der Waals surface area contributed by atoms with Gasteiger partial charge in [0.2, 0.25) is 0 Å². The summed E-state index contributed by atoms with van der Waals surface area (Å²) in [7, 11) is 1.59. The smallest absolute Gasteiger partial charge is 0.325 e. The lowest BCUT2D eigenvalue weighted by atomic mass is 9.96. The van der Waals surface area contributed by atoms with Crippen molar-refractivity contribution >= 4 is 16.7 Å². The number of likely N-dealkylation sites (tertiary alicyclic amines) is 1. The van der Waals surface area contributed by atoms with E-state index in [4.69, 9.17) is 4.74 Å². The van der Waals surface area contributed by atoms with Gasteiger partial charge in [-0.05, 0) is 42.8 Å². The van der Waals surface area contributed by atoms with Gasteiger partial charge in [0.25, 0.3) is 0 Å². The van der Waals surface area contributed by atoms with Gasteiger partial charge in [-0.2, -0.15) is 0 Å². The van der Waals surface area contributed by atoms with Crippen molar-refractivity contribution in [3.8, 4) is 5.75 Å². The molecule has 1 fully saturated rings. The molecule has 4 heteroatoms. The van der Waals surface area contributed by atoms with E-state index in [9.17, 15) is 9.90 Å². The molecule has 0 aromatic heterocycles. The minimum atomic E-state index is -0.813. The zero-order valence-corrected chi connectivity index (χ0v) is 12.1. The molecule has 0 amide bonds. The Morgan fingerprint density at radius 1 is 1.19 bits per heavy atom. The molecule has 1 N–H and O–H groups in total. The summed E-state index contributed by atoms with van der Waals surface area (Å²) >= 11 is 0. The number of carboxylic acid groups (broad SMARTS) is 1. The topological polar surface area (TPSA) is 49.8 Å². The van der Waals surface area contributed by atoms with Crippen molar-refractivity contribution < 1.29 is 14.6 Å². The van der Waals surface area contributed by atoms with Crippen LogP contribution in [0.5, 0.6) is 5.75 Å². The second-order valence-electron chi connectivity index (χ2n) is 5.39. The number of fused-ring (bicyclic) bond motifs is 1. The Balaban J connectivity index is 2.21. The monoisotopic (exact) mass is 285 g/mol. The van der Waals surface area contributed by atoms with Crippen molar-refractivity contribution in [1.29, 1.82) is 0 Å². The maximum absolute atomic E-state index is 11.9. The van der Waals surface area contributed by atoms with Gasteiger partial charge in [-0.1, -0.05) is 30.3 Å². The van der Waals surface area contributed by atoms with Crippen molar-refractivity contribution in [3.63, 3.8) is 0 Å². The highest BCUT2D eigenvalue weighted by atomic mass is 16.5. The molecule has 2 aromatic carbocycles. The van der Waals surface area contributed by atoms with Crippen LogP contribution in [-0.2, 0) is 4.79 Å². The zero-order valence-electron chi connectivity index (χ0n) is 12.1. The van der Waals surface area contributed by atoms with Crippen LogP contribution in [0.3, 0.4) is 0 Å². The maximum Gasteiger partial charge on any atom is 0.325 e. The summed E-state index contributed by atoms with van der Waals surface area (Å²) in [5.41, 5.74) is 0.769. The van der Waals surface area contributed by atoms with Gasteiger partial charge in [-0.25, -0.2) is 0 Å². The molecule has 21 heavy (non-hydrogen) atoms. The average Bonchev–Trinajstić information content (AvgIpc) is 3.01. The average molecular weight is 285 g/mol. The van der Waals surface area contributed by atoms with E-state index in [0.717, 1.165) is 42.3 Å². The van der Waals surface area contributed by atoms with Gasteiger partial charge in [0.15, 0.2) is 0 Å². The van der Waals surface area contributed by atoms with E-state index in [1.54, 1.807) is 7.11 Å². The first kappa shape index (κ1) is 13.9. The number of hydrogen-bond donors (Lipinski definition) is 1. The highest BCUT2D eigenvalue weighted by molar-refractivity contribution is 5.92. The third-order valence-corrected chi connectivity index (χ3v) is 4.16. The summed E-state index contributed by atoms with van der Waals surface area (Å²) in [6, 6.07) is 11.1. The van der Waals surface area contributed by atoms with E-state index in [1.165, 1.54) is 0 Å². The SMILES string of the molecule is COc1ccc2ccccc2c1C(C(=O)O)N1CCCC1. The quantitative estimate of drug-likeness (QED) is 0.938. The Morgan fingerprint density at radius 3 is 2.57 bits per heavy atom. The van der Waals surface area contributed by atoms with E-state index in [0.29, 0.717) is 5.75 Å². The summed E-state index contributed by atoms with van der Waals surface area (Å²) in [6.45, 7) is 1.65. The van der Waals surface area contributed by atoms with Crippen LogP contribution in [0.2, 0.25) is 0 Å². The fourth-order valence-electron chi connectivity index (χ4n) is 3.20. The maximum atomic E-state index is 11.9. The second-order valence-corrected chi connectivity index (χ2v) is 5.39. The molecule has 1 saturated heterocycles. The minimum absolute atomic E-state index is 0.645. The van der Waals surface area contributed by atoms with Crippen LogP contribution in [-0.4, -0.2) is 36.2 Å². The Labute approximate surface area is 123 Å². The molecule has 0 saturated carbocycles. The Kier molecular flexibility index (Phi) is 3.80. The van der Waals surface area contributed by atoms with E-state index in [1.807, 2.05) is 41.3 Å². The third-order valence-electron chi connectivity index (χ3n) is 4.16. The second kappa shape index (κ2) is 5.74. The van der Waals surface area contributed by atoms with Gasteiger partial charge in [0, 0.05) is 5.56 Å². The number of ether oxygens (including phenoxy) is 1. The zero-order chi connectivity index (χ0) is 14.8. The Hall–Kier alpha value is -2.07. The lowest BCUT2D eigenvalue weighted by molar-refractivity contribution is -0.143. The lowest BCUT2D eigenvalue weighted by Crippen LogP contribution is -2.32. The lowest BCUT2D eigenvalue weighted by Gasteiger charge is -2.26.